The van der Waals surface area contributed by atoms with E-state index in [2.05, 4.69) is 5.32 Å². The largest absolute Gasteiger partial charge is 0.508 e. The van der Waals surface area contributed by atoms with E-state index in [-0.39, 0.29) is 11.7 Å². The number of nitrogens with one attached hydrogen (secondary N) is 1. The van der Waals surface area contributed by atoms with Gasteiger partial charge < -0.3 is 15.3 Å². The number of aromatic hydroxyl groups is 1. The molecule has 2 aliphatic rings. The quantitative estimate of drug-likeness (QED) is 0.864. The standard InChI is InChI=1S/C16H22N2O2/c19-15-5-1-3-12(9-15)11-18(14-6-7-14)16(20)10-13-4-2-8-17-13/h1,3,5,9,13-14,17,19H,2,4,6-8,10-11H2. The van der Waals surface area contributed by atoms with Gasteiger partial charge in [0, 0.05) is 25.0 Å². The molecule has 4 nitrogen and oxygen atoms in total. The van der Waals surface area contributed by atoms with E-state index in [0.717, 1.165) is 31.4 Å². The zero-order valence-corrected chi connectivity index (χ0v) is 11.7. The van der Waals surface area contributed by atoms with Gasteiger partial charge in [-0.05, 0) is 49.9 Å². The van der Waals surface area contributed by atoms with Crippen LogP contribution >= 0.6 is 0 Å². The molecule has 0 aromatic heterocycles. The molecule has 1 unspecified atom stereocenters. The van der Waals surface area contributed by atoms with Gasteiger partial charge in [-0.3, -0.25) is 4.79 Å². The van der Waals surface area contributed by atoms with Crippen molar-refractivity contribution < 1.29 is 9.90 Å². The van der Waals surface area contributed by atoms with E-state index < -0.39 is 0 Å². The lowest BCUT2D eigenvalue weighted by Gasteiger charge is -2.24. The van der Waals surface area contributed by atoms with Crippen molar-refractivity contribution in [3.63, 3.8) is 0 Å². The second-order valence-electron chi connectivity index (χ2n) is 5.92. The van der Waals surface area contributed by atoms with E-state index in [1.165, 1.54) is 6.42 Å². The van der Waals surface area contributed by atoms with Gasteiger partial charge in [0.05, 0.1) is 0 Å². The van der Waals surface area contributed by atoms with Gasteiger partial charge in [-0.15, -0.1) is 0 Å². The minimum Gasteiger partial charge on any atom is -0.508 e. The number of nitrogens with zero attached hydrogens (tertiary/aromatic N) is 1. The fourth-order valence-electron chi connectivity index (χ4n) is 2.92. The second-order valence-corrected chi connectivity index (χ2v) is 5.92. The lowest BCUT2D eigenvalue weighted by atomic mass is 10.1. The molecule has 4 heteroatoms. The van der Waals surface area contributed by atoms with Crippen molar-refractivity contribution in [3.05, 3.63) is 29.8 Å². The Balaban J connectivity index is 1.64. The predicted octanol–water partition coefficient (Wildman–Crippen LogP) is 2.03. The van der Waals surface area contributed by atoms with Crippen LogP contribution in [0, 0.1) is 0 Å². The first kappa shape index (κ1) is 13.4. The van der Waals surface area contributed by atoms with Crippen molar-refractivity contribution in [1.29, 1.82) is 0 Å². The van der Waals surface area contributed by atoms with E-state index in [1.54, 1.807) is 12.1 Å². The number of benzene rings is 1. The van der Waals surface area contributed by atoms with E-state index in [1.807, 2.05) is 17.0 Å². The molecule has 1 saturated heterocycles. The Bertz CT molecular complexity index is 479. The summed E-state index contributed by atoms with van der Waals surface area (Å²) in [4.78, 5) is 14.5. The fourth-order valence-corrected chi connectivity index (χ4v) is 2.92. The van der Waals surface area contributed by atoms with Crippen LogP contribution in [0.5, 0.6) is 5.75 Å². The van der Waals surface area contributed by atoms with Crippen molar-refractivity contribution in [2.75, 3.05) is 6.54 Å². The highest BCUT2D eigenvalue weighted by Crippen LogP contribution is 2.30. The van der Waals surface area contributed by atoms with Crippen LogP contribution in [-0.2, 0) is 11.3 Å². The normalized spacial score (nSPS) is 21.9. The van der Waals surface area contributed by atoms with Gasteiger partial charge in [0.2, 0.25) is 5.91 Å². The Morgan fingerprint density at radius 1 is 1.35 bits per heavy atom. The number of hydrogen-bond donors (Lipinski definition) is 2. The predicted molar refractivity (Wildman–Crippen MR) is 77.3 cm³/mol. The first-order chi connectivity index (χ1) is 9.72. The summed E-state index contributed by atoms with van der Waals surface area (Å²) >= 11 is 0. The lowest BCUT2D eigenvalue weighted by Crippen LogP contribution is -2.37. The molecule has 0 radical (unpaired) electrons. The molecule has 1 aliphatic carbocycles. The summed E-state index contributed by atoms with van der Waals surface area (Å²) in [7, 11) is 0. The van der Waals surface area contributed by atoms with Crippen molar-refractivity contribution in [3.8, 4) is 5.75 Å². The minimum atomic E-state index is 0.246. The molecule has 2 fully saturated rings. The number of rotatable bonds is 5. The first-order valence-corrected chi connectivity index (χ1v) is 7.53. The molecule has 20 heavy (non-hydrogen) atoms. The second kappa shape index (κ2) is 5.83. The number of carbonyl (C=O) groups is 1. The van der Waals surface area contributed by atoms with Crippen molar-refractivity contribution in [2.24, 2.45) is 0 Å². The molecule has 1 aliphatic heterocycles. The van der Waals surface area contributed by atoms with Crippen molar-refractivity contribution >= 4 is 5.91 Å². The number of phenols is 1. The van der Waals surface area contributed by atoms with Gasteiger partial charge in [-0.2, -0.15) is 0 Å². The molecule has 3 rings (SSSR count). The molecular formula is C16H22N2O2. The van der Waals surface area contributed by atoms with Gasteiger partial charge in [-0.1, -0.05) is 12.1 Å². The van der Waals surface area contributed by atoms with Crippen molar-refractivity contribution in [1.82, 2.24) is 10.2 Å². The maximum absolute atomic E-state index is 12.5. The Labute approximate surface area is 119 Å². The highest BCUT2D eigenvalue weighted by Gasteiger charge is 2.33. The number of carbonyl (C=O) groups excluding carboxylic acids is 1. The Morgan fingerprint density at radius 2 is 2.20 bits per heavy atom. The summed E-state index contributed by atoms with van der Waals surface area (Å²) in [6.07, 6.45) is 5.12. The van der Waals surface area contributed by atoms with Crippen LogP contribution in [0.15, 0.2) is 24.3 Å². The summed E-state index contributed by atoms with van der Waals surface area (Å²) < 4.78 is 0. The highest BCUT2D eigenvalue weighted by molar-refractivity contribution is 5.77. The summed E-state index contributed by atoms with van der Waals surface area (Å²) in [5, 5.41) is 12.9. The van der Waals surface area contributed by atoms with Gasteiger partial charge >= 0.3 is 0 Å². The first-order valence-electron chi connectivity index (χ1n) is 7.53. The van der Waals surface area contributed by atoms with Gasteiger partial charge in [0.25, 0.3) is 0 Å². The molecule has 1 aromatic rings. The third kappa shape index (κ3) is 3.31. The van der Waals surface area contributed by atoms with Gasteiger partial charge in [-0.25, -0.2) is 0 Å². The minimum absolute atomic E-state index is 0.246. The summed E-state index contributed by atoms with van der Waals surface area (Å²) in [5.41, 5.74) is 1.00. The summed E-state index contributed by atoms with van der Waals surface area (Å²) in [6, 6.07) is 7.97. The number of phenolic OH excluding ortho intramolecular Hbond substituents is 1. The molecule has 1 aromatic carbocycles. The molecular weight excluding hydrogens is 252 g/mol. The zero-order chi connectivity index (χ0) is 13.9. The van der Waals surface area contributed by atoms with E-state index >= 15 is 0 Å². The number of hydrogen-bond acceptors (Lipinski definition) is 3. The number of amides is 1. The van der Waals surface area contributed by atoms with Crippen LogP contribution < -0.4 is 5.32 Å². The Hall–Kier alpha value is -1.55. The highest BCUT2D eigenvalue weighted by atomic mass is 16.3. The molecule has 0 bridgehead atoms. The van der Waals surface area contributed by atoms with Crippen LogP contribution in [0.3, 0.4) is 0 Å². The van der Waals surface area contributed by atoms with Gasteiger partial charge in [0.1, 0.15) is 5.75 Å². The molecule has 1 heterocycles. The molecule has 2 N–H and O–H groups in total. The monoisotopic (exact) mass is 274 g/mol. The third-order valence-electron chi connectivity index (χ3n) is 4.15. The smallest absolute Gasteiger partial charge is 0.224 e. The molecule has 1 saturated carbocycles. The van der Waals surface area contributed by atoms with Crippen LogP contribution in [-0.4, -0.2) is 34.5 Å². The SMILES string of the molecule is O=C(CC1CCCN1)N(Cc1cccc(O)c1)C1CC1. The lowest BCUT2D eigenvalue weighted by molar-refractivity contribution is -0.132. The van der Waals surface area contributed by atoms with Crippen LogP contribution in [0.1, 0.15) is 37.7 Å². The average molecular weight is 274 g/mol. The Morgan fingerprint density at radius 3 is 2.85 bits per heavy atom. The van der Waals surface area contributed by atoms with E-state index in [0.29, 0.717) is 25.0 Å². The molecule has 1 amide bonds. The van der Waals surface area contributed by atoms with Crippen LogP contribution in [0.25, 0.3) is 0 Å². The maximum Gasteiger partial charge on any atom is 0.224 e. The molecule has 108 valence electrons. The summed E-state index contributed by atoms with van der Waals surface area (Å²) in [6.45, 7) is 1.65. The molecule has 1 atom stereocenters. The van der Waals surface area contributed by atoms with Crippen molar-refractivity contribution in [2.45, 2.75) is 50.7 Å². The average Bonchev–Trinajstić information content (AvgIpc) is 3.14. The Kier molecular flexibility index (Phi) is 3.92. The van der Waals surface area contributed by atoms with Crippen LogP contribution in [0.2, 0.25) is 0 Å². The van der Waals surface area contributed by atoms with Crippen LogP contribution in [0.4, 0.5) is 0 Å². The van der Waals surface area contributed by atoms with E-state index in [9.17, 15) is 9.90 Å². The molecule has 0 spiro atoms. The maximum atomic E-state index is 12.5. The zero-order valence-electron chi connectivity index (χ0n) is 11.7. The summed E-state index contributed by atoms with van der Waals surface area (Å²) in [5.74, 6) is 0.512. The van der Waals surface area contributed by atoms with E-state index in [4.69, 9.17) is 0 Å². The topological polar surface area (TPSA) is 52.6 Å². The van der Waals surface area contributed by atoms with Gasteiger partial charge in [0.15, 0.2) is 0 Å². The third-order valence-corrected chi connectivity index (χ3v) is 4.15. The fraction of sp³-hybridized carbons (Fsp3) is 0.562.